The van der Waals surface area contributed by atoms with E-state index in [4.69, 9.17) is 10.5 Å². The van der Waals surface area contributed by atoms with E-state index in [9.17, 15) is 4.79 Å². The SMILES string of the molecule is CC(C)CCOCCNC(=O)c1ccc(CN)cc1.Cl. The first-order valence-corrected chi connectivity index (χ1v) is 6.78. The Hall–Kier alpha value is -1.10. The number of nitrogens with one attached hydrogen (secondary N) is 1. The van der Waals surface area contributed by atoms with Crippen LogP contribution in [-0.4, -0.2) is 25.7 Å². The predicted molar refractivity (Wildman–Crippen MR) is 84.2 cm³/mol. The van der Waals surface area contributed by atoms with Gasteiger partial charge in [0, 0.05) is 25.3 Å². The molecule has 0 atom stereocenters. The highest BCUT2D eigenvalue weighted by atomic mass is 35.5. The standard InChI is InChI=1S/C15H24N2O2.ClH/c1-12(2)7-9-19-10-8-17-15(18)14-5-3-13(11-16)4-6-14;/h3-6,12H,7-11,16H2,1-2H3,(H,17,18);1H. The molecule has 0 aliphatic heterocycles. The Morgan fingerprint density at radius 2 is 1.90 bits per heavy atom. The van der Waals surface area contributed by atoms with E-state index in [1.807, 2.05) is 12.1 Å². The van der Waals surface area contributed by atoms with Gasteiger partial charge in [-0.3, -0.25) is 4.79 Å². The fourth-order valence-electron chi connectivity index (χ4n) is 1.55. The quantitative estimate of drug-likeness (QED) is 0.724. The van der Waals surface area contributed by atoms with E-state index in [0.29, 0.717) is 31.2 Å². The molecule has 5 heteroatoms. The van der Waals surface area contributed by atoms with Crippen LogP contribution in [0.1, 0.15) is 36.2 Å². The van der Waals surface area contributed by atoms with Gasteiger partial charge in [0.15, 0.2) is 0 Å². The van der Waals surface area contributed by atoms with Crippen molar-refractivity contribution < 1.29 is 9.53 Å². The molecule has 0 aliphatic rings. The summed E-state index contributed by atoms with van der Waals surface area (Å²) in [6.45, 7) is 6.66. The van der Waals surface area contributed by atoms with Crippen LogP contribution in [-0.2, 0) is 11.3 Å². The van der Waals surface area contributed by atoms with Crippen molar-refractivity contribution in [3.05, 3.63) is 35.4 Å². The highest BCUT2D eigenvalue weighted by molar-refractivity contribution is 5.94. The van der Waals surface area contributed by atoms with Crippen molar-refractivity contribution in [1.29, 1.82) is 0 Å². The molecule has 1 amide bonds. The molecule has 114 valence electrons. The number of benzene rings is 1. The Morgan fingerprint density at radius 3 is 2.45 bits per heavy atom. The largest absolute Gasteiger partial charge is 0.380 e. The maximum absolute atomic E-state index is 11.8. The van der Waals surface area contributed by atoms with Crippen LogP contribution in [0.5, 0.6) is 0 Å². The zero-order valence-electron chi connectivity index (χ0n) is 12.2. The summed E-state index contributed by atoms with van der Waals surface area (Å²) in [5.74, 6) is 0.576. The Bertz CT molecular complexity index is 380. The van der Waals surface area contributed by atoms with Crippen LogP contribution in [0, 0.1) is 5.92 Å². The van der Waals surface area contributed by atoms with Crippen molar-refractivity contribution in [1.82, 2.24) is 5.32 Å². The second-order valence-corrected chi connectivity index (χ2v) is 4.95. The molecule has 0 bridgehead atoms. The monoisotopic (exact) mass is 300 g/mol. The van der Waals surface area contributed by atoms with E-state index in [0.717, 1.165) is 18.6 Å². The molecule has 0 radical (unpaired) electrons. The van der Waals surface area contributed by atoms with E-state index in [1.54, 1.807) is 12.1 Å². The van der Waals surface area contributed by atoms with Gasteiger partial charge in [0.1, 0.15) is 0 Å². The first-order valence-electron chi connectivity index (χ1n) is 6.78. The smallest absolute Gasteiger partial charge is 0.251 e. The molecule has 0 saturated carbocycles. The summed E-state index contributed by atoms with van der Waals surface area (Å²) in [4.78, 5) is 11.8. The molecule has 0 heterocycles. The minimum Gasteiger partial charge on any atom is -0.380 e. The van der Waals surface area contributed by atoms with Crippen molar-refractivity contribution in [2.75, 3.05) is 19.8 Å². The molecule has 0 saturated heterocycles. The lowest BCUT2D eigenvalue weighted by atomic mass is 10.1. The molecule has 0 fully saturated rings. The van der Waals surface area contributed by atoms with Crippen LogP contribution in [0.2, 0.25) is 0 Å². The molecule has 3 N–H and O–H groups in total. The first-order chi connectivity index (χ1) is 9.13. The summed E-state index contributed by atoms with van der Waals surface area (Å²) < 4.78 is 5.44. The minimum atomic E-state index is -0.0731. The van der Waals surface area contributed by atoms with Gasteiger partial charge >= 0.3 is 0 Å². The summed E-state index contributed by atoms with van der Waals surface area (Å²) in [5.41, 5.74) is 7.18. The minimum absolute atomic E-state index is 0. The average Bonchev–Trinajstić information content (AvgIpc) is 2.42. The highest BCUT2D eigenvalue weighted by Crippen LogP contribution is 2.03. The molecule has 1 aromatic carbocycles. The topological polar surface area (TPSA) is 64.3 Å². The number of ether oxygens (including phenoxy) is 1. The summed E-state index contributed by atoms with van der Waals surface area (Å²) in [7, 11) is 0. The Kier molecular flexibility index (Phi) is 10.1. The average molecular weight is 301 g/mol. The fraction of sp³-hybridized carbons (Fsp3) is 0.533. The third-order valence-electron chi connectivity index (χ3n) is 2.82. The number of halogens is 1. The summed E-state index contributed by atoms with van der Waals surface area (Å²) in [5, 5.41) is 2.83. The molecule has 0 aliphatic carbocycles. The van der Waals surface area contributed by atoms with Gasteiger partial charge in [-0.2, -0.15) is 0 Å². The second kappa shape index (κ2) is 10.7. The normalized spacial score (nSPS) is 10.2. The van der Waals surface area contributed by atoms with E-state index in [2.05, 4.69) is 19.2 Å². The third kappa shape index (κ3) is 7.48. The Labute approximate surface area is 127 Å². The molecular formula is C15H25ClN2O2. The van der Waals surface area contributed by atoms with Crippen LogP contribution in [0.15, 0.2) is 24.3 Å². The predicted octanol–water partition coefficient (Wildman–Crippen LogP) is 2.36. The molecule has 0 unspecified atom stereocenters. The molecule has 1 rings (SSSR count). The van der Waals surface area contributed by atoms with E-state index in [-0.39, 0.29) is 18.3 Å². The number of carbonyl (C=O) groups is 1. The zero-order valence-corrected chi connectivity index (χ0v) is 13.0. The zero-order chi connectivity index (χ0) is 14.1. The fourth-order valence-corrected chi connectivity index (χ4v) is 1.55. The van der Waals surface area contributed by atoms with Gasteiger partial charge in [-0.15, -0.1) is 12.4 Å². The molecule has 0 aromatic heterocycles. The molecule has 4 nitrogen and oxygen atoms in total. The van der Waals surface area contributed by atoms with Gasteiger partial charge in [0.05, 0.1) is 6.61 Å². The number of hydrogen-bond donors (Lipinski definition) is 2. The number of carbonyl (C=O) groups excluding carboxylic acids is 1. The number of hydrogen-bond acceptors (Lipinski definition) is 3. The second-order valence-electron chi connectivity index (χ2n) is 4.95. The van der Waals surface area contributed by atoms with Gasteiger partial charge in [-0.1, -0.05) is 26.0 Å². The van der Waals surface area contributed by atoms with E-state index in [1.165, 1.54) is 0 Å². The van der Waals surface area contributed by atoms with Gasteiger partial charge in [-0.25, -0.2) is 0 Å². The first kappa shape index (κ1) is 18.9. The summed E-state index contributed by atoms with van der Waals surface area (Å²) in [6, 6.07) is 7.32. The molecule has 1 aromatic rings. The van der Waals surface area contributed by atoms with Gasteiger partial charge in [0.25, 0.3) is 5.91 Å². The van der Waals surface area contributed by atoms with Crippen LogP contribution < -0.4 is 11.1 Å². The number of nitrogens with two attached hydrogens (primary N) is 1. The van der Waals surface area contributed by atoms with Crippen LogP contribution in [0.4, 0.5) is 0 Å². The Morgan fingerprint density at radius 1 is 1.25 bits per heavy atom. The maximum Gasteiger partial charge on any atom is 0.251 e. The van der Waals surface area contributed by atoms with Gasteiger partial charge in [0.2, 0.25) is 0 Å². The van der Waals surface area contributed by atoms with Crippen molar-refractivity contribution in [3.63, 3.8) is 0 Å². The highest BCUT2D eigenvalue weighted by Gasteiger charge is 2.04. The summed E-state index contributed by atoms with van der Waals surface area (Å²) >= 11 is 0. The molecule has 20 heavy (non-hydrogen) atoms. The van der Waals surface area contributed by atoms with Gasteiger partial charge in [-0.05, 0) is 30.0 Å². The van der Waals surface area contributed by atoms with Crippen LogP contribution >= 0.6 is 12.4 Å². The number of amides is 1. The summed E-state index contributed by atoms with van der Waals surface area (Å²) in [6.07, 6.45) is 1.05. The van der Waals surface area contributed by atoms with Crippen molar-refractivity contribution in [3.8, 4) is 0 Å². The number of rotatable bonds is 8. The maximum atomic E-state index is 11.8. The molecule has 0 spiro atoms. The van der Waals surface area contributed by atoms with E-state index >= 15 is 0 Å². The van der Waals surface area contributed by atoms with E-state index < -0.39 is 0 Å². The molecular weight excluding hydrogens is 276 g/mol. The lowest BCUT2D eigenvalue weighted by Crippen LogP contribution is -2.27. The lowest BCUT2D eigenvalue weighted by molar-refractivity contribution is 0.0906. The van der Waals surface area contributed by atoms with Crippen molar-refractivity contribution in [2.45, 2.75) is 26.8 Å². The van der Waals surface area contributed by atoms with Crippen LogP contribution in [0.25, 0.3) is 0 Å². The lowest BCUT2D eigenvalue weighted by Gasteiger charge is -2.08. The van der Waals surface area contributed by atoms with Crippen molar-refractivity contribution in [2.24, 2.45) is 11.7 Å². The van der Waals surface area contributed by atoms with Gasteiger partial charge < -0.3 is 15.8 Å². The van der Waals surface area contributed by atoms with Crippen LogP contribution in [0.3, 0.4) is 0 Å². The third-order valence-corrected chi connectivity index (χ3v) is 2.82. The Balaban J connectivity index is 0.00000361. The van der Waals surface area contributed by atoms with Crippen molar-refractivity contribution >= 4 is 18.3 Å².